The fraction of sp³-hybridized carbons (Fsp3) is 0.211. The van der Waals surface area contributed by atoms with Crippen LogP contribution in [0.2, 0.25) is 0 Å². The lowest BCUT2D eigenvalue weighted by Crippen LogP contribution is -2.15. The van der Waals surface area contributed by atoms with Gasteiger partial charge in [0.2, 0.25) is 17.6 Å². The Morgan fingerprint density at radius 3 is 2.73 bits per heavy atom. The molecule has 0 aliphatic heterocycles. The minimum absolute atomic E-state index is 0.107. The molecule has 0 fully saturated rings. The number of carbonyl (C=O) groups is 1. The molecule has 1 aromatic heterocycles. The maximum Gasteiger partial charge on any atom is 0.236 e. The maximum atomic E-state index is 12.1. The summed E-state index contributed by atoms with van der Waals surface area (Å²) >= 11 is 1.41. The lowest BCUT2D eigenvalue weighted by atomic mass is 10.2. The Morgan fingerprint density at radius 1 is 1.15 bits per heavy atom. The lowest BCUT2D eigenvalue weighted by molar-refractivity contribution is -0.113. The van der Waals surface area contributed by atoms with E-state index < -0.39 is 0 Å². The van der Waals surface area contributed by atoms with Crippen LogP contribution in [-0.2, 0) is 10.5 Å². The second-order valence-corrected chi connectivity index (χ2v) is 6.33. The first-order valence-electron chi connectivity index (χ1n) is 8.23. The number of nitrogens with zero attached hydrogens (tertiary/aromatic N) is 2. The van der Waals surface area contributed by atoms with Gasteiger partial charge in [-0.25, -0.2) is 0 Å². The molecule has 0 saturated heterocycles. The molecule has 3 rings (SSSR count). The Bertz CT molecular complexity index is 852. The molecule has 0 bridgehead atoms. The van der Waals surface area contributed by atoms with Crippen LogP contribution in [-0.4, -0.2) is 28.4 Å². The maximum absolute atomic E-state index is 12.1. The molecule has 26 heavy (non-hydrogen) atoms. The minimum atomic E-state index is -0.107. The molecule has 0 radical (unpaired) electrons. The van der Waals surface area contributed by atoms with Crippen molar-refractivity contribution in [3.63, 3.8) is 0 Å². The number of aromatic nitrogens is 2. The topological polar surface area (TPSA) is 77.2 Å². The summed E-state index contributed by atoms with van der Waals surface area (Å²) in [6.07, 6.45) is 0. The molecule has 0 spiro atoms. The van der Waals surface area contributed by atoms with Crippen LogP contribution >= 0.6 is 11.8 Å². The molecule has 2 aromatic carbocycles. The van der Waals surface area contributed by atoms with Crippen molar-refractivity contribution in [1.82, 2.24) is 10.1 Å². The van der Waals surface area contributed by atoms with E-state index in [1.807, 2.05) is 61.5 Å². The van der Waals surface area contributed by atoms with Crippen LogP contribution in [0.3, 0.4) is 0 Å². The van der Waals surface area contributed by atoms with Crippen LogP contribution in [0.5, 0.6) is 5.75 Å². The molecule has 1 heterocycles. The van der Waals surface area contributed by atoms with Crippen molar-refractivity contribution < 1.29 is 14.1 Å². The largest absolute Gasteiger partial charge is 0.492 e. The van der Waals surface area contributed by atoms with Crippen molar-refractivity contribution in [2.45, 2.75) is 12.7 Å². The van der Waals surface area contributed by atoms with Crippen LogP contribution in [0.4, 0.5) is 5.69 Å². The number of hydrogen-bond acceptors (Lipinski definition) is 6. The fourth-order valence-electron chi connectivity index (χ4n) is 2.29. The predicted octanol–water partition coefficient (Wildman–Crippen LogP) is 4.01. The van der Waals surface area contributed by atoms with Crippen LogP contribution in [0.1, 0.15) is 12.8 Å². The first-order chi connectivity index (χ1) is 12.8. The summed E-state index contributed by atoms with van der Waals surface area (Å²) in [7, 11) is 0. The average Bonchev–Trinajstić information content (AvgIpc) is 3.13. The SMILES string of the molecule is CCOc1ccccc1NC(=O)CSCc1nc(-c2ccccc2)no1. The summed E-state index contributed by atoms with van der Waals surface area (Å²) in [5.41, 5.74) is 1.57. The van der Waals surface area contributed by atoms with Gasteiger partial charge >= 0.3 is 0 Å². The van der Waals surface area contributed by atoms with Gasteiger partial charge in [0.25, 0.3) is 0 Å². The Kier molecular flexibility index (Phi) is 6.27. The van der Waals surface area contributed by atoms with Crippen molar-refractivity contribution >= 4 is 23.4 Å². The predicted molar refractivity (Wildman–Crippen MR) is 102 cm³/mol. The van der Waals surface area contributed by atoms with Gasteiger partial charge < -0.3 is 14.6 Å². The number of nitrogens with one attached hydrogen (secondary N) is 1. The van der Waals surface area contributed by atoms with Crippen LogP contribution in [0.25, 0.3) is 11.4 Å². The lowest BCUT2D eigenvalue weighted by Gasteiger charge is -2.10. The van der Waals surface area contributed by atoms with Gasteiger partial charge in [-0.15, -0.1) is 11.8 Å². The smallest absolute Gasteiger partial charge is 0.236 e. The number of benzene rings is 2. The van der Waals surface area contributed by atoms with E-state index in [-0.39, 0.29) is 11.7 Å². The van der Waals surface area contributed by atoms with E-state index in [0.29, 0.717) is 35.5 Å². The second kappa shape index (κ2) is 9.05. The Balaban J connectivity index is 1.49. The summed E-state index contributed by atoms with van der Waals surface area (Å²) in [6, 6.07) is 17.0. The highest BCUT2D eigenvalue weighted by Gasteiger charge is 2.11. The number of rotatable bonds is 8. The van der Waals surface area contributed by atoms with Gasteiger partial charge in [0.05, 0.1) is 23.8 Å². The van der Waals surface area contributed by atoms with Crippen molar-refractivity contribution in [2.24, 2.45) is 0 Å². The highest BCUT2D eigenvalue weighted by atomic mass is 32.2. The van der Waals surface area contributed by atoms with Gasteiger partial charge in [-0.2, -0.15) is 4.98 Å². The van der Waals surface area contributed by atoms with E-state index in [1.54, 1.807) is 0 Å². The quantitative estimate of drug-likeness (QED) is 0.646. The first-order valence-corrected chi connectivity index (χ1v) is 9.39. The molecular formula is C19H19N3O3S. The van der Waals surface area contributed by atoms with Crippen LogP contribution in [0.15, 0.2) is 59.1 Å². The van der Waals surface area contributed by atoms with Crippen molar-refractivity contribution in [1.29, 1.82) is 0 Å². The van der Waals surface area contributed by atoms with E-state index in [1.165, 1.54) is 11.8 Å². The normalized spacial score (nSPS) is 10.5. The molecule has 0 saturated carbocycles. The fourth-order valence-corrected chi connectivity index (χ4v) is 2.94. The van der Waals surface area contributed by atoms with Crippen molar-refractivity contribution in [3.05, 3.63) is 60.5 Å². The van der Waals surface area contributed by atoms with E-state index in [4.69, 9.17) is 9.26 Å². The summed E-state index contributed by atoms with van der Waals surface area (Å²) in [5, 5.41) is 6.83. The number of amides is 1. The van der Waals surface area contributed by atoms with Crippen LogP contribution in [0, 0.1) is 0 Å². The number of carbonyl (C=O) groups excluding carboxylic acids is 1. The molecule has 0 aliphatic rings. The molecule has 0 unspecified atom stereocenters. The highest BCUT2D eigenvalue weighted by Crippen LogP contribution is 2.24. The van der Waals surface area contributed by atoms with E-state index in [9.17, 15) is 4.79 Å². The number of ether oxygens (including phenoxy) is 1. The third kappa shape index (κ3) is 4.86. The molecular weight excluding hydrogens is 350 g/mol. The number of anilines is 1. The average molecular weight is 369 g/mol. The van der Waals surface area contributed by atoms with Crippen LogP contribution < -0.4 is 10.1 Å². The highest BCUT2D eigenvalue weighted by molar-refractivity contribution is 7.99. The zero-order valence-corrected chi connectivity index (χ0v) is 15.2. The molecule has 3 aromatic rings. The van der Waals surface area contributed by atoms with E-state index >= 15 is 0 Å². The summed E-state index contributed by atoms with van der Waals surface area (Å²) < 4.78 is 10.7. The van der Waals surface area contributed by atoms with Crippen molar-refractivity contribution in [3.8, 4) is 17.1 Å². The zero-order valence-electron chi connectivity index (χ0n) is 14.3. The Labute approximate surface area is 156 Å². The molecule has 0 atom stereocenters. The molecule has 1 N–H and O–H groups in total. The summed E-state index contributed by atoms with van der Waals surface area (Å²) in [6.45, 7) is 2.45. The molecule has 0 aliphatic carbocycles. The van der Waals surface area contributed by atoms with Gasteiger partial charge in [-0.1, -0.05) is 47.6 Å². The van der Waals surface area contributed by atoms with Gasteiger partial charge in [0, 0.05) is 5.56 Å². The van der Waals surface area contributed by atoms with Gasteiger partial charge in [-0.3, -0.25) is 4.79 Å². The van der Waals surface area contributed by atoms with E-state index in [2.05, 4.69) is 15.5 Å². The third-order valence-electron chi connectivity index (χ3n) is 3.42. The summed E-state index contributed by atoms with van der Waals surface area (Å²) in [4.78, 5) is 16.5. The molecule has 6 nitrogen and oxygen atoms in total. The number of para-hydroxylation sites is 2. The summed E-state index contributed by atoms with van der Waals surface area (Å²) in [5.74, 6) is 2.36. The van der Waals surface area contributed by atoms with E-state index in [0.717, 1.165) is 5.56 Å². The monoisotopic (exact) mass is 369 g/mol. The third-order valence-corrected chi connectivity index (χ3v) is 4.34. The standard InChI is InChI=1S/C19H19N3O3S/c1-2-24-16-11-7-6-10-15(16)20-17(23)12-26-13-18-21-19(22-25-18)14-8-4-3-5-9-14/h3-11H,2,12-13H2,1H3,(H,20,23). The van der Waals surface area contributed by atoms with Crippen molar-refractivity contribution in [2.75, 3.05) is 17.7 Å². The second-order valence-electron chi connectivity index (χ2n) is 5.35. The molecule has 134 valence electrons. The van der Waals surface area contributed by atoms with Gasteiger partial charge in [0.15, 0.2) is 0 Å². The van der Waals surface area contributed by atoms with Gasteiger partial charge in [0.1, 0.15) is 5.75 Å². The first kappa shape index (κ1) is 18.0. The zero-order chi connectivity index (χ0) is 18.2. The molecule has 1 amide bonds. The Hall–Kier alpha value is -2.80. The Morgan fingerprint density at radius 2 is 1.92 bits per heavy atom. The number of thioether (sulfide) groups is 1. The number of hydrogen-bond donors (Lipinski definition) is 1. The van der Waals surface area contributed by atoms with Gasteiger partial charge in [-0.05, 0) is 19.1 Å². The minimum Gasteiger partial charge on any atom is -0.492 e. The molecule has 7 heteroatoms.